The Hall–Kier alpha value is -1.49. The van der Waals surface area contributed by atoms with E-state index in [1.165, 1.54) is 19.2 Å². The van der Waals surface area contributed by atoms with E-state index in [0.29, 0.717) is 12.1 Å². The van der Waals surface area contributed by atoms with Gasteiger partial charge in [-0.05, 0) is 11.6 Å². The molecule has 16 heavy (non-hydrogen) atoms. The summed E-state index contributed by atoms with van der Waals surface area (Å²) in [6, 6.07) is 6.07. The molecular formula is C11H13F2NO2. The number of rotatable bonds is 5. The Bertz CT molecular complexity index is 356. The van der Waals surface area contributed by atoms with Gasteiger partial charge in [0.1, 0.15) is 0 Å². The lowest BCUT2D eigenvalue weighted by molar-refractivity contribution is -0.139. The van der Waals surface area contributed by atoms with Crippen molar-refractivity contribution in [2.45, 2.75) is 13.0 Å². The Morgan fingerprint density at radius 3 is 2.88 bits per heavy atom. The summed E-state index contributed by atoms with van der Waals surface area (Å²) >= 11 is 0. The zero-order chi connectivity index (χ0) is 12.0. The van der Waals surface area contributed by atoms with Crippen LogP contribution in [0.15, 0.2) is 24.3 Å². The van der Waals surface area contributed by atoms with Crippen molar-refractivity contribution >= 4 is 5.97 Å². The molecule has 0 saturated heterocycles. The van der Waals surface area contributed by atoms with E-state index in [0.717, 1.165) is 0 Å². The first-order chi connectivity index (χ1) is 7.63. The SMILES string of the molecule is COC(=O)CNCc1cccc(C(F)F)c1. The maximum absolute atomic E-state index is 12.4. The average molecular weight is 229 g/mol. The van der Waals surface area contributed by atoms with Crippen molar-refractivity contribution < 1.29 is 18.3 Å². The highest BCUT2D eigenvalue weighted by Gasteiger charge is 2.07. The Labute approximate surface area is 92.4 Å². The molecule has 0 fully saturated rings. The van der Waals surface area contributed by atoms with E-state index >= 15 is 0 Å². The van der Waals surface area contributed by atoms with Crippen LogP contribution in [0.25, 0.3) is 0 Å². The molecule has 3 nitrogen and oxygen atoms in total. The van der Waals surface area contributed by atoms with Gasteiger partial charge >= 0.3 is 5.97 Å². The lowest BCUT2D eigenvalue weighted by Crippen LogP contribution is -2.23. The summed E-state index contributed by atoms with van der Waals surface area (Å²) in [4.78, 5) is 10.8. The highest BCUT2D eigenvalue weighted by atomic mass is 19.3. The van der Waals surface area contributed by atoms with Crippen LogP contribution in [-0.4, -0.2) is 19.6 Å². The number of nitrogens with one attached hydrogen (secondary N) is 1. The molecule has 1 N–H and O–H groups in total. The van der Waals surface area contributed by atoms with Crippen LogP contribution in [0.5, 0.6) is 0 Å². The summed E-state index contributed by atoms with van der Waals surface area (Å²) in [5.74, 6) is -0.384. The van der Waals surface area contributed by atoms with Gasteiger partial charge in [0.15, 0.2) is 0 Å². The fourth-order valence-electron chi connectivity index (χ4n) is 1.22. The Balaban J connectivity index is 2.48. The maximum atomic E-state index is 12.4. The highest BCUT2D eigenvalue weighted by Crippen LogP contribution is 2.19. The van der Waals surface area contributed by atoms with Crippen molar-refractivity contribution in [2.75, 3.05) is 13.7 Å². The van der Waals surface area contributed by atoms with Crippen LogP contribution in [0.3, 0.4) is 0 Å². The molecule has 1 aromatic carbocycles. The smallest absolute Gasteiger partial charge is 0.319 e. The summed E-state index contributed by atoms with van der Waals surface area (Å²) in [6.07, 6.45) is -2.47. The van der Waals surface area contributed by atoms with Gasteiger partial charge in [0.05, 0.1) is 13.7 Å². The third-order valence-corrected chi connectivity index (χ3v) is 2.03. The van der Waals surface area contributed by atoms with Crippen LogP contribution in [-0.2, 0) is 16.1 Å². The molecule has 0 unspecified atom stereocenters. The van der Waals surface area contributed by atoms with Crippen LogP contribution in [0.2, 0.25) is 0 Å². The van der Waals surface area contributed by atoms with Gasteiger partial charge in [0, 0.05) is 12.1 Å². The quantitative estimate of drug-likeness (QED) is 0.783. The number of hydrogen-bond acceptors (Lipinski definition) is 3. The Morgan fingerprint density at radius 1 is 1.50 bits per heavy atom. The number of hydrogen-bond donors (Lipinski definition) is 1. The second-order valence-electron chi connectivity index (χ2n) is 3.23. The zero-order valence-electron chi connectivity index (χ0n) is 8.87. The van der Waals surface area contributed by atoms with E-state index < -0.39 is 6.43 Å². The Kier molecular flexibility index (Phi) is 4.85. The topological polar surface area (TPSA) is 38.3 Å². The largest absolute Gasteiger partial charge is 0.468 e. The predicted octanol–water partition coefficient (Wildman–Crippen LogP) is 1.89. The molecule has 0 saturated carbocycles. The number of ether oxygens (including phenoxy) is 1. The maximum Gasteiger partial charge on any atom is 0.319 e. The molecule has 0 aliphatic carbocycles. The van der Waals surface area contributed by atoms with Crippen molar-refractivity contribution in [1.29, 1.82) is 0 Å². The summed E-state index contributed by atoms with van der Waals surface area (Å²) in [5.41, 5.74) is 0.694. The minimum Gasteiger partial charge on any atom is -0.468 e. The van der Waals surface area contributed by atoms with Gasteiger partial charge in [0.25, 0.3) is 6.43 Å². The van der Waals surface area contributed by atoms with Crippen molar-refractivity contribution in [3.63, 3.8) is 0 Å². The molecule has 88 valence electrons. The van der Waals surface area contributed by atoms with Crippen molar-refractivity contribution in [3.8, 4) is 0 Å². The number of carbonyl (C=O) groups excluding carboxylic acids is 1. The number of halogens is 2. The number of alkyl halides is 2. The van der Waals surface area contributed by atoms with Gasteiger partial charge < -0.3 is 10.1 Å². The normalized spacial score (nSPS) is 10.5. The number of methoxy groups -OCH3 is 1. The summed E-state index contributed by atoms with van der Waals surface area (Å²) in [5, 5.41) is 2.80. The number of esters is 1. The van der Waals surface area contributed by atoms with Crippen molar-refractivity contribution in [3.05, 3.63) is 35.4 Å². The lowest BCUT2D eigenvalue weighted by atomic mass is 10.1. The predicted molar refractivity (Wildman–Crippen MR) is 55.1 cm³/mol. The molecule has 0 radical (unpaired) electrons. The minimum absolute atomic E-state index is 0.0163. The van der Waals surface area contributed by atoms with Crippen LogP contribution < -0.4 is 5.32 Å². The minimum atomic E-state index is -2.47. The lowest BCUT2D eigenvalue weighted by Gasteiger charge is -2.05. The molecule has 0 spiro atoms. The van der Waals surface area contributed by atoms with E-state index in [-0.39, 0.29) is 18.1 Å². The van der Waals surface area contributed by atoms with E-state index in [9.17, 15) is 13.6 Å². The molecular weight excluding hydrogens is 216 g/mol. The highest BCUT2D eigenvalue weighted by molar-refractivity contribution is 5.71. The summed E-state index contributed by atoms with van der Waals surface area (Å²) < 4.78 is 29.1. The van der Waals surface area contributed by atoms with Gasteiger partial charge in [-0.1, -0.05) is 18.2 Å². The molecule has 0 amide bonds. The molecule has 5 heteroatoms. The fraction of sp³-hybridized carbons (Fsp3) is 0.364. The standard InChI is InChI=1S/C11H13F2NO2/c1-16-10(15)7-14-6-8-3-2-4-9(5-8)11(12)13/h2-5,11,14H,6-7H2,1H3. The molecule has 0 atom stereocenters. The van der Waals surface area contributed by atoms with E-state index in [4.69, 9.17) is 0 Å². The first kappa shape index (κ1) is 12.6. The van der Waals surface area contributed by atoms with E-state index in [1.807, 2.05) is 0 Å². The van der Waals surface area contributed by atoms with Crippen molar-refractivity contribution in [2.24, 2.45) is 0 Å². The van der Waals surface area contributed by atoms with Crippen LogP contribution in [0, 0.1) is 0 Å². The first-order valence-corrected chi connectivity index (χ1v) is 4.78. The summed E-state index contributed by atoms with van der Waals surface area (Å²) in [7, 11) is 1.29. The molecule has 0 heterocycles. The third-order valence-electron chi connectivity index (χ3n) is 2.03. The molecule has 0 aliphatic rings. The van der Waals surface area contributed by atoms with E-state index in [1.54, 1.807) is 12.1 Å². The first-order valence-electron chi connectivity index (χ1n) is 4.78. The molecule has 0 aliphatic heterocycles. The van der Waals surface area contributed by atoms with Gasteiger partial charge in [0.2, 0.25) is 0 Å². The fourth-order valence-corrected chi connectivity index (χ4v) is 1.22. The van der Waals surface area contributed by atoms with E-state index in [2.05, 4.69) is 10.1 Å². The summed E-state index contributed by atoms with van der Waals surface area (Å²) in [6.45, 7) is 0.422. The van der Waals surface area contributed by atoms with Gasteiger partial charge in [-0.2, -0.15) is 0 Å². The van der Waals surface area contributed by atoms with Crippen LogP contribution >= 0.6 is 0 Å². The monoisotopic (exact) mass is 229 g/mol. The third kappa shape index (κ3) is 3.94. The molecule has 1 rings (SSSR count). The van der Waals surface area contributed by atoms with Crippen LogP contribution in [0.1, 0.15) is 17.6 Å². The zero-order valence-corrected chi connectivity index (χ0v) is 8.87. The second kappa shape index (κ2) is 6.17. The van der Waals surface area contributed by atoms with Gasteiger partial charge in [-0.15, -0.1) is 0 Å². The second-order valence-corrected chi connectivity index (χ2v) is 3.23. The molecule has 1 aromatic rings. The Morgan fingerprint density at radius 2 is 2.25 bits per heavy atom. The molecule has 0 aromatic heterocycles. The average Bonchev–Trinajstić information content (AvgIpc) is 2.29. The van der Waals surface area contributed by atoms with Crippen LogP contribution in [0.4, 0.5) is 8.78 Å². The van der Waals surface area contributed by atoms with Gasteiger partial charge in [-0.3, -0.25) is 4.79 Å². The molecule has 0 bridgehead atoms. The number of carbonyl (C=O) groups is 1. The van der Waals surface area contributed by atoms with Gasteiger partial charge in [-0.25, -0.2) is 8.78 Å². The van der Waals surface area contributed by atoms with Crippen molar-refractivity contribution in [1.82, 2.24) is 5.32 Å². The number of benzene rings is 1.